The number of halogens is 2. The van der Waals surface area contributed by atoms with Gasteiger partial charge in [-0.1, -0.05) is 15.9 Å². The van der Waals surface area contributed by atoms with Gasteiger partial charge in [-0.05, 0) is 31.2 Å². The lowest BCUT2D eigenvalue weighted by Gasteiger charge is -2.02. The van der Waals surface area contributed by atoms with Gasteiger partial charge in [0.1, 0.15) is 11.9 Å². The number of hydrogen-bond donors (Lipinski definition) is 0. The van der Waals surface area contributed by atoms with Crippen LogP contribution in [-0.4, -0.2) is 12.1 Å². The van der Waals surface area contributed by atoms with Crippen LogP contribution in [0.2, 0.25) is 0 Å². The van der Waals surface area contributed by atoms with E-state index in [2.05, 4.69) is 20.7 Å². The number of rotatable bonds is 3. The van der Waals surface area contributed by atoms with Crippen LogP contribution in [0.5, 0.6) is 0 Å². The van der Waals surface area contributed by atoms with Gasteiger partial charge in [0.05, 0.1) is 0 Å². The molecule has 0 heterocycles. The molecule has 0 fully saturated rings. The number of esters is 1. The van der Waals surface area contributed by atoms with E-state index >= 15 is 0 Å². The van der Waals surface area contributed by atoms with Crippen molar-refractivity contribution < 1.29 is 13.9 Å². The summed E-state index contributed by atoms with van der Waals surface area (Å²) in [5.74, 6) is -1.12. The highest BCUT2D eigenvalue weighted by atomic mass is 79.9. The highest BCUT2D eigenvalue weighted by Crippen LogP contribution is 2.16. The minimum Gasteiger partial charge on any atom is -0.444 e. The number of carbonyl (C=O) groups is 1. The van der Waals surface area contributed by atoms with Crippen molar-refractivity contribution in [2.75, 3.05) is 0 Å². The van der Waals surface area contributed by atoms with Crippen molar-refractivity contribution in [2.45, 2.75) is 13.0 Å². The molecule has 0 aliphatic rings. The maximum absolute atomic E-state index is 13.3. The second-order valence-corrected chi connectivity index (χ2v) is 4.12. The van der Waals surface area contributed by atoms with Crippen LogP contribution in [0.25, 0.3) is 6.08 Å². The second-order valence-electron chi connectivity index (χ2n) is 3.21. The minimum atomic E-state index is -0.820. The van der Waals surface area contributed by atoms with Gasteiger partial charge in [0, 0.05) is 16.1 Å². The predicted octanol–water partition coefficient (Wildman–Crippen LogP) is 3.06. The standard InChI is InChI=1S/C12H9BrFNO2/c1-8(7-15)17-12(16)5-2-9-6-10(13)3-4-11(9)14/h2-6,8H,1H3/b5-2+/t8-/m1/s1. The summed E-state index contributed by atoms with van der Waals surface area (Å²) in [7, 11) is 0. The van der Waals surface area contributed by atoms with Gasteiger partial charge >= 0.3 is 5.97 Å². The number of nitrogens with zero attached hydrogens (tertiary/aromatic N) is 1. The van der Waals surface area contributed by atoms with Gasteiger partial charge in [-0.15, -0.1) is 0 Å². The molecule has 1 aromatic rings. The fourth-order valence-corrected chi connectivity index (χ4v) is 1.42. The minimum absolute atomic E-state index is 0.265. The lowest BCUT2D eigenvalue weighted by Crippen LogP contribution is -2.10. The molecule has 17 heavy (non-hydrogen) atoms. The maximum Gasteiger partial charge on any atom is 0.332 e. The second kappa shape index (κ2) is 6.16. The monoisotopic (exact) mass is 297 g/mol. The van der Waals surface area contributed by atoms with Crippen LogP contribution >= 0.6 is 15.9 Å². The van der Waals surface area contributed by atoms with Crippen LogP contribution in [0, 0.1) is 17.1 Å². The van der Waals surface area contributed by atoms with E-state index in [-0.39, 0.29) is 5.56 Å². The summed E-state index contributed by atoms with van der Waals surface area (Å²) in [6.07, 6.45) is 1.56. The number of ether oxygens (including phenoxy) is 1. The average molecular weight is 298 g/mol. The molecule has 88 valence electrons. The maximum atomic E-state index is 13.3. The van der Waals surface area contributed by atoms with Gasteiger partial charge in [-0.25, -0.2) is 9.18 Å². The fraction of sp³-hybridized carbons (Fsp3) is 0.167. The highest BCUT2D eigenvalue weighted by molar-refractivity contribution is 9.10. The first kappa shape index (κ1) is 13.4. The molecule has 0 aliphatic carbocycles. The smallest absolute Gasteiger partial charge is 0.332 e. The lowest BCUT2D eigenvalue weighted by molar-refractivity contribution is -0.139. The quantitative estimate of drug-likeness (QED) is 0.636. The molecule has 1 atom stereocenters. The molecule has 0 saturated heterocycles. The molecule has 0 N–H and O–H groups in total. The van der Waals surface area contributed by atoms with Gasteiger partial charge in [0.2, 0.25) is 0 Å². The van der Waals surface area contributed by atoms with Gasteiger partial charge in [0.15, 0.2) is 6.10 Å². The Hall–Kier alpha value is -1.67. The van der Waals surface area contributed by atoms with Crippen molar-refractivity contribution in [3.63, 3.8) is 0 Å². The summed E-state index contributed by atoms with van der Waals surface area (Å²) < 4.78 is 18.6. The largest absolute Gasteiger partial charge is 0.444 e. The molecule has 0 aliphatic heterocycles. The molecule has 0 amide bonds. The van der Waals surface area contributed by atoms with Crippen LogP contribution in [0.1, 0.15) is 12.5 Å². The Morgan fingerprint density at radius 2 is 2.35 bits per heavy atom. The van der Waals surface area contributed by atoms with E-state index in [0.717, 1.165) is 6.08 Å². The van der Waals surface area contributed by atoms with Crippen LogP contribution < -0.4 is 0 Å². The summed E-state index contributed by atoms with van der Waals surface area (Å²) in [4.78, 5) is 11.2. The third-order valence-corrected chi connectivity index (χ3v) is 2.33. The topological polar surface area (TPSA) is 50.1 Å². The van der Waals surface area contributed by atoms with Crippen molar-refractivity contribution in [1.82, 2.24) is 0 Å². The SMILES string of the molecule is C[C@H](C#N)OC(=O)/C=C/c1cc(Br)ccc1F. The summed E-state index contributed by atoms with van der Waals surface area (Å²) >= 11 is 3.20. The Kier molecular flexibility index (Phi) is 4.85. The highest BCUT2D eigenvalue weighted by Gasteiger charge is 2.05. The van der Waals surface area contributed by atoms with E-state index in [1.165, 1.54) is 25.1 Å². The van der Waals surface area contributed by atoms with Gasteiger partial charge in [-0.3, -0.25) is 0 Å². The molecule has 0 saturated carbocycles. The van der Waals surface area contributed by atoms with Crippen LogP contribution in [0.4, 0.5) is 4.39 Å². The summed E-state index contributed by atoms with van der Waals surface area (Å²) in [5, 5.41) is 8.43. The molecular weight excluding hydrogens is 289 g/mol. The molecule has 0 spiro atoms. The Labute approximate surface area is 107 Å². The van der Waals surface area contributed by atoms with E-state index < -0.39 is 17.9 Å². The van der Waals surface area contributed by atoms with Gasteiger partial charge < -0.3 is 4.74 Å². The van der Waals surface area contributed by atoms with Crippen LogP contribution in [0.3, 0.4) is 0 Å². The molecule has 0 aromatic heterocycles. The van der Waals surface area contributed by atoms with E-state index in [0.29, 0.717) is 4.47 Å². The molecule has 3 nitrogen and oxygen atoms in total. The zero-order valence-corrected chi connectivity index (χ0v) is 10.6. The lowest BCUT2D eigenvalue weighted by atomic mass is 10.2. The number of hydrogen-bond acceptors (Lipinski definition) is 3. The number of benzene rings is 1. The first-order chi connectivity index (χ1) is 8.02. The van der Waals surface area contributed by atoms with Crippen molar-refractivity contribution in [3.8, 4) is 6.07 Å². The average Bonchev–Trinajstić information content (AvgIpc) is 2.30. The number of nitriles is 1. The molecular formula is C12H9BrFNO2. The third kappa shape index (κ3) is 4.37. The Morgan fingerprint density at radius 3 is 3.00 bits per heavy atom. The van der Waals surface area contributed by atoms with Gasteiger partial charge in [-0.2, -0.15) is 5.26 Å². The molecule has 1 rings (SSSR count). The molecule has 1 aromatic carbocycles. The first-order valence-corrected chi connectivity index (χ1v) is 5.55. The Balaban J connectivity index is 2.74. The van der Waals surface area contributed by atoms with E-state index in [9.17, 15) is 9.18 Å². The Morgan fingerprint density at radius 1 is 1.65 bits per heavy atom. The summed E-state index contributed by atoms with van der Waals surface area (Å²) in [6, 6.07) is 6.13. The van der Waals surface area contributed by atoms with Crippen LogP contribution in [-0.2, 0) is 9.53 Å². The summed E-state index contributed by atoms with van der Waals surface area (Å²) in [6.45, 7) is 1.45. The van der Waals surface area contributed by atoms with Crippen LogP contribution in [0.15, 0.2) is 28.7 Å². The normalized spacial score (nSPS) is 12.1. The molecule has 0 radical (unpaired) electrons. The van der Waals surface area contributed by atoms with Crippen molar-refractivity contribution in [3.05, 3.63) is 40.1 Å². The molecule has 0 unspecified atom stereocenters. The fourth-order valence-electron chi connectivity index (χ4n) is 1.04. The zero-order valence-electron chi connectivity index (χ0n) is 8.98. The van der Waals surface area contributed by atoms with Gasteiger partial charge in [0.25, 0.3) is 0 Å². The molecule has 0 bridgehead atoms. The van der Waals surface area contributed by atoms with Crippen molar-refractivity contribution >= 4 is 28.0 Å². The van der Waals surface area contributed by atoms with E-state index in [4.69, 9.17) is 5.26 Å². The Bertz CT molecular complexity index is 494. The van der Waals surface area contributed by atoms with Crippen molar-refractivity contribution in [1.29, 1.82) is 5.26 Å². The number of carbonyl (C=O) groups excluding carboxylic acids is 1. The summed E-state index contributed by atoms with van der Waals surface area (Å²) in [5.41, 5.74) is 0.265. The van der Waals surface area contributed by atoms with E-state index in [1.807, 2.05) is 0 Å². The predicted molar refractivity (Wildman–Crippen MR) is 64.3 cm³/mol. The van der Waals surface area contributed by atoms with Crippen molar-refractivity contribution in [2.24, 2.45) is 0 Å². The van der Waals surface area contributed by atoms with E-state index in [1.54, 1.807) is 12.1 Å². The zero-order chi connectivity index (χ0) is 12.8. The first-order valence-electron chi connectivity index (χ1n) is 4.76. The third-order valence-electron chi connectivity index (χ3n) is 1.83. The molecule has 5 heteroatoms.